The second-order valence-corrected chi connectivity index (χ2v) is 8.16. The van der Waals surface area contributed by atoms with Crippen molar-refractivity contribution < 1.29 is 9.21 Å². The van der Waals surface area contributed by atoms with Gasteiger partial charge in [0.25, 0.3) is 0 Å². The number of nitrogens with zero attached hydrogens (tertiary/aromatic N) is 3. The van der Waals surface area contributed by atoms with E-state index in [4.69, 9.17) is 4.42 Å². The number of amides is 1. The SMILES string of the molecule is CC(C)n1c(S[C@H](C)C(=O)NC2CCCCC2)nnc1-c1ccco1. The number of hydrogen-bond donors (Lipinski definition) is 1. The molecule has 0 spiro atoms. The second-order valence-electron chi connectivity index (χ2n) is 6.85. The van der Waals surface area contributed by atoms with Gasteiger partial charge in [0, 0.05) is 12.1 Å². The Kier molecular flexibility index (Phi) is 5.83. The van der Waals surface area contributed by atoms with Gasteiger partial charge in [-0.15, -0.1) is 10.2 Å². The molecule has 1 saturated carbocycles. The van der Waals surface area contributed by atoms with Crippen LogP contribution in [0.25, 0.3) is 11.6 Å². The van der Waals surface area contributed by atoms with E-state index in [1.54, 1.807) is 6.26 Å². The molecule has 0 aliphatic heterocycles. The van der Waals surface area contributed by atoms with Crippen molar-refractivity contribution in [2.24, 2.45) is 0 Å². The Morgan fingerprint density at radius 2 is 2.04 bits per heavy atom. The molecule has 6 nitrogen and oxygen atoms in total. The van der Waals surface area contributed by atoms with Crippen LogP contribution < -0.4 is 5.32 Å². The molecule has 0 aromatic carbocycles. The molecule has 0 bridgehead atoms. The first-order valence-electron chi connectivity index (χ1n) is 9.02. The third-order valence-electron chi connectivity index (χ3n) is 4.53. The molecule has 2 aromatic heterocycles. The molecule has 1 atom stereocenters. The van der Waals surface area contributed by atoms with E-state index in [1.807, 2.05) is 23.6 Å². The van der Waals surface area contributed by atoms with Gasteiger partial charge in [0.05, 0.1) is 11.5 Å². The van der Waals surface area contributed by atoms with Crippen molar-refractivity contribution in [1.82, 2.24) is 20.1 Å². The zero-order chi connectivity index (χ0) is 17.8. The number of furan rings is 1. The molecule has 0 radical (unpaired) electrons. The van der Waals surface area contributed by atoms with E-state index in [2.05, 4.69) is 29.4 Å². The van der Waals surface area contributed by atoms with Crippen LogP contribution >= 0.6 is 11.8 Å². The van der Waals surface area contributed by atoms with Crippen LogP contribution in [0.1, 0.15) is 58.9 Å². The zero-order valence-corrected chi connectivity index (χ0v) is 15.9. The van der Waals surface area contributed by atoms with Gasteiger partial charge in [-0.3, -0.25) is 9.36 Å². The molecular weight excluding hydrogens is 336 g/mol. The second kappa shape index (κ2) is 8.08. The summed E-state index contributed by atoms with van der Waals surface area (Å²) < 4.78 is 7.49. The summed E-state index contributed by atoms with van der Waals surface area (Å²) in [5, 5.41) is 12.3. The largest absolute Gasteiger partial charge is 0.461 e. The van der Waals surface area contributed by atoms with Gasteiger partial charge in [-0.05, 0) is 45.7 Å². The van der Waals surface area contributed by atoms with Gasteiger partial charge in [-0.1, -0.05) is 31.0 Å². The van der Waals surface area contributed by atoms with E-state index in [0.29, 0.717) is 17.6 Å². The van der Waals surface area contributed by atoms with Crippen LogP contribution in [0.15, 0.2) is 28.0 Å². The molecule has 1 fully saturated rings. The van der Waals surface area contributed by atoms with Crippen molar-refractivity contribution in [3.8, 4) is 11.6 Å². The lowest BCUT2D eigenvalue weighted by Crippen LogP contribution is -2.40. The van der Waals surface area contributed by atoms with Gasteiger partial charge in [-0.2, -0.15) is 0 Å². The lowest BCUT2D eigenvalue weighted by molar-refractivity contribution is -0.121. The topological polar surface area (TPSA) is 73.0 Å². The summed E-state index contributed by atoms with van der Waals surface area (Å²) in [5.41, 5.74) is 0. The van der Waals surface area contributed by atoms with Gasteiger partial charge >= 0.3 is 0 Å². The molecule has 1 aliphatic carbocycles. The van der Waals surface area contributed by atoms with Crippen LogP contribution in [-0.2, 0) is 4.79 Å². The summed E-state index contributed by atoms with van der Waals surface area (Å²) >= 11 is 1.45. The lowest BCUT2D eigenvalue weighted by Gasteiger charge is -2.24. The predicted octanol–water partition coefficient (Wildman–Crippen LogP) is 4.05. The summed E-state index contributed by atoms with van der Waals surface area (Å²) in [6.07, 6.45) is 7.51. The molecule has 25 heavy (non-hydrogen) atoms. The quantitative estimate of drug-likeness (QED) is 0.785. The van der Waals surface area contributed by atoms with Crippen LogP contribution in [0, 0.1) is 0 Å². The van der Waals surface area contributed by atoms with E-state index in [-0.39, 0.29) is 17.2 Å². The summed E-state index contributed by atoms with van der Waals surface area (Å²) in [5.74, 6) is 1.46. The summed E-state index contributed by atoms with van der Waals surface area (Å²) in [4.78, 5) is 12.5. The summed E-state index contributed by atoms with van der Waals surface area (Å²) in [7, 11) is 0. The van der Waals surface area contributed by atoms with Gasteiger partial charge in [0.1, 0.15) is 0 Å². The first-order chi connectivity index (χ1) is 12.1. The molecule has 1 N–H and O–H groups in total. The number of aromatic nitrogens is 3. The number of carbonyl (C=O) groups excluding carboxylic acids is 1. The predicted molar refractivity (Wildman–Crippen MR) is 98.4 cm³/mol. The van der Waals surface area contributed by atoms with Gasteiger partial charge in [0.2, 0.25) is 11.7 Å². The highest BCUT2D eigenvalue weighted by Gasteiger charge is 2.25. The van der Waals surface area contributed by atoms with Crippen molar-refractivity contribution in [3.05, 3.63) is 18.4 Å². The molecule has 0 saturated heterocycles. The Bertz CT molecular complexity index is 690. The van der Waals surface area contributed by atoms with Crippen LogP contribution in [0.3, 0.4) is 0 Å². The number of nitrogens with one attached hydrogen (secondary N) is 1. The highest BCUT2D eigenvalue weighted by Crippen LogP contribution is 2.30. The van der Waals surface area contributed by atoms with Crippen molar-refractivity contribution in [2.45, 2.75) is 75.4 Å². The maximum atomic E-state index is 12.5. The van der Waals surface area contributed by atoms with Gasteiger partial charge < -0.3 is 9.73 Å². The standard InChI is InChI=1S/C18H26N4O2S/c1-12(2)22-16(15-10-7-11-24-15)20-21-18(22)25-13(3)17(23)19-14-8-5-4-6-9-14/h7,10-14H,4-6,8-9H2,1-3H3,(H,19,23)/t13-/m1/s1. The fraction of sp³-hybridized carbons (Fsp3) is 0.611. The average molecular weight is 362 g/mol. The van der Waals surface area contributed by atoms with Crippen molar-refractivity contribution in [1.29, 1.82) is 0 Å². The Morgan fingerprint density at radius 1 is 1.28 bits per heavy atom. The molecule has 7 heteroatoms. The van der Waals surface area contributed by atoms with Crippen molar-refractivity contribution in [2.75, 3.05) is 0 Å². The highest BCUT2D eigenvalue weighted by atomic mass is 32.2. The first kappa shape index (κ1) is 18.0. The minimum atomic E-state index is -0.215. The van der Waals surface area contributed by atoms with E-state index in [9.17, 15) is 4.79 Å². The highest BCUT2D eigenvalue weighted by molar-refractivity contribution is 8.00. The van der Waals surface area contributed by atoms with Crippen molar-refractivity contribution in [3.63, 3.8) is 0 Å². The smallest absolute Gasteiger partial charge is 0.233 e. The van der Waals surface area contributed by atoms with Crippen molar-refractivity contribution >= 4 is 17.7 Å². The lowest BCUT2D eigenvalue weighted by atomic mass is 9.95. The summed E-state index contributed by atoms with van der Waals surface area (Å²) in [6, 6.07) is 4.20. The Balaban J connectivity index is 1.70. The number of rotatable bonds is 6. The zero-order valence-electron chi connectivity index (χ0n) is 15.1. The molecule has 1 amide bonds. The molecule has 2 heterocycles. The van der Waals surface area contributed by atoms with Crippen LogP contribution in [0.2, 0.25) is 0 Å². The number of thioether (sulfide) groups is 1. The molecule has 1 aliphatic rings. The number of hydrogen-bond acceptors (Lipinski definition) is 5. The van der Waals surface area contributed by atoms with Crippen LogP contribution in [0.4, 0.5) is 0 Å². The molecule has 136 valence electrons. The number of carbonyl (C=O) groups is 1. The molecule has 0 unspecified atom stereocenters. The summed E-state index contributed by atoms with van der Waals surface area (Å²) in [6.45, 7) is 6.08. The average Bonchev–Trinajstić information content (AvgIpc) is 3.24. The minimum Gasteiger partial charge on any atom is -0.461 e. The van der Waals surface area contributed by atoms with E-state index < -0.39 is 0 Å². The third-order valence-corrected chi connectivity index (χ3v) is 5.58. The van der Waals surface area contributed by atoms with Gasteiger partial charge in [0.15, 0.2) is 10.9 Å². The molecule has 3 rings (SSSR count). The molecule has 2 aromatic rings. The van der Waals surface area contributed by atoms with E-state index in [1.165, 1.54) is 31.0 Å². The Labute approximate surface area is 152 Å². The Hall–Kier alpha value is -1.76. The first-order valence-corrected chi connectivity index (χ1v) is 9.90. The minimum absolute atomic E-state index is 0.0785. The monoisotopic (exact) mass is 362 g/mol. The maximum Gasteiger partial charge on any atom is 0.233 e. The fourth-order valence-electron chi connectivity index (χ4n) is 3.17. The van der Waals surface area contributed by atoms with Gasteiger partial charge in [-0.25, -0.2) is 0 Å². The van der Waals surface area contributed by atoms with Crippen LogP contribution in [0.5, 0.6) is 0 Å². The maximum absolute atomic E-state index is 12.5. The third kappa shape index (κ3) is 4.26. The Morgan fingerprint density at radius 3 is 2.68 bits per heavy atom. The molecular formula is C18H26N4O2S. The fourth-order valence-corrected chi connectivity index (χ4v) is 4.16. The normalized spacial score (nSPS) is 17.0. The van der Waals surface area contributed by atoms with Crippen LogP contribution in [-0.4, -0.2) is 32.0 Å². The van der Waals surface area contributed by atoms with E-state index in [0.717, 1.165) is 18.0 Å². The van der Waals surface area contributed by atoms with E-state index >= 15 is 0 Å².